The zero-order valence-electron chi connectivity index (χ0n) is 27.7. The Kier molecular flexibility index (Phi) is 12.2. The number of aromatic nitrogens is 2. The molecular weight excluding hydrogens is 547 g/mol. The first-order valence-electron chi connectivity index (χ1n) is 16.2. The lowest BCUT2D eigenvalue weighted by molar-refractivity contribution is -0.135. The van der Waals surface area contributed by atoms with Gasteiger partial charge in [-0.3, -0.25) is 14.3 Å². The fourth-order valence-corrected chi connectivity index (χ4v) is 6.66. The smallest absolute Gasteiger partial charge is 0.331 e. The monoisotopic (exact) mass is 600 g/mol. The third-order valence-corrected chi connectivity index (χ3v) is 9.11. The predicted molar refractivity (Wildman–Crippen MR) is 170 cm³/mol. The summed E-state index contributed by atoms with van der Waals surface area (Å²) in [6.07, 6.45) is 14.0. The number of aromatic amines is 1. The Labute approximate surface area is 256 Å². The van der Waals surface area contributed by atoms with Gasteiger partial charge in [0.1, 0.15) is 23.6 Å². The van der Waals surface area contributed by atoms with Gasteiger partial charge in [-0.05, 0) is 87.8 Å². The van der Waals surface area contributed by atoms with Crippen LogP contribution in [0.2, 0.25) is 0 Å². The molecule has 1 aromatic carbocycles. The van der Waals surface area contributed by atoms with Gasteiger partial charge in [-0.1, -0.05) is 72.6 Å². The van der Waals surface area contributed by atoms with E-state index in [9.17, 15) is 18.8 Å². The average Bonchev–Trinajstić information content (AvgIpc) is 2.91. The zero-order chi connectivity index (χ0) is 31.9. The quantitative estimate of drug-likeness (QED) is 0.128. The molecule has 3 rings (SSSR count). The molecule has 3 unspecified atom stereocenters. The average molecular weight is 601 g/mol. The van der Waals surface area contributed by atoms with Crippen LogP contribution in [-0.2, 0) is 17.8 Å². The molecule has 7 nitrogen and oxygen atoms in total. The Hall–Kier alpha value is -2.90. The number of H-pyrrole nitrogens is 1. The molecule has 0 radical (unpaired) electrons. The van der Waals surface area contributed by atoms with Crippen LogP contribution in [0.25, 0.3) is 0 Å². The van der Waals surface area contributed by atoms with Crippen molar-refractivity contribution in [2.24, 2.45) is 17.8 Å². The molecule has 43 heavy (non-hydrogen) atoms. The SMILES string of the molecule is Cc1c(C)c2c(c(C)c1OC(=O)Cn1cc(F)c(=O)[nH]c1=O)CCC(C)(CC(C)CC(C)CCCCCCCC(C)C)O2. The van der Waals surface area contributed by atoms with Crippen LogP contribution < -0.4 is 20.7 Å². The van der Waals surface area contributed by atoms with E-state index in [1.165, 1.54) is 51.4 Å². The molecule has 8 heteroatoms. The molecule has 0 amide bonds. The molecule has 0 aliphatic carbocycles. The molecule has 0 saturated carbocycles. The van der Waals surface area contributed by atoms with E-state index < -0.39 is 29.6 Å². The molecule has 0 fully saturated rings. The number of hydrogen-bond donors (Lipinski definition) is 1. The first kappa shape index (κ1) is 34.6. The van der Waals surface area contributed by atoms with E-state index in [0.29, 0.717) is 23.8 Å². The number of unbranched alkanes of at least 4 members (excludes halogenated alkanes) is 4. The van der Waals surface area contributed by atoms with E-state index in [4.69, 9.17) is 9.47 Å². The highest BCUT2D eigenvalue weighted by atomic mass is 19.1. The van der Waals surface area contributed by atoms with Crippen LogP contribution in [-0.4, -0.2) is 21.1 Å². The molecule has 2 aromatic rings. The van der Waals surface area contributed by atoms with Gasteiger partial charge in [0.15, 0.2) is 0 Å². The van der Waals surface area contributed by atoms with Gasteiger partial charge in [0.25, 0.3) is 5.56 Å². The van der Waals surface area contributed by atoms with Crippen molar-refractivity contribution in [3.63, 3.8) is 0 Å². The standard InChI is InChI=1S/C35H53FN2O5/c1-22(2)14-12-10-9-11-13-15-23(3)18-24(4)19-35(8)17-16-28-27(7)31(25(5)26(6)32(28)43-35)42-30(39)21-38-20-29(36)33(40)37-34(38)41/h20,22-24H,9-19,21H2,1-8H3,(H,37,40,41). The summed E-state index contributed by atoms with van der Waals surface area (Å²) in [7, 11) is 0. The summed E-state index contributed by atoms with van der Waals surface area (Å²) in [5.41, 5.74) is 1.32. The topological polar surface area (TPSA) is 90.4 Å². The molecule has 0 saturated heterocycles. The molecule has 0 bridgehead atoms. The molecule has 2 heterocycles. The number of hydrogen-bond acceptors (Lipinski definition) is 5. The van der Waals surface area contributed by atoms with Crippen molar-refractivity contribution in [3.8, 4) is 11.5 Å². The Bertz CT molecular complexity index is 1380. The maximum Gasteiger partial charge on any atom is 0.331 e. The van der Waals surface area contributed by atoms with Gasteiger partial charge in [-0.25, -0.2) is 9.59 Å². The van der Waals surface area contributed by atoms with Gasteiger partial charge in [0, 0.05) is 5.56 Å². The van der Waals surface area contributed by atoms with E-state index in [2.05, 4.69) is 34.6 Å². The predicted octanol–water partition coefficient (Wildman–Crippen LogP) is 7.73. The fourth-order valence-electron chi connectivity index (χ4n) is 6.66. The summed E-state index contributed by atoms with van der Waals surface area (Å²) in [6, 6.07) is 0. The highest BCUT2D eigenvalue weighted by Gasteiger charge is 2.36. The van der Waals surface area contributed by atoms with Crippen molar-refractivity contribution in [2.45, 2.75) is 138 Å². The molecule has 0 spiro atoms. The van der Waals surface area contributed by atoms with Gasteiger partial charge in [-0.15, -0.1) is 0 Å². The van der Waals surface area contributed by atoms with Crippen molar-refractivity contribution in [2.75, 3.05) is 0 Å². The second-order valence-corrected chi connectivity index (χ2v) is 13.8. The van der Waals surface area contributed by atoms with Crippen molar-refractivity contribution in [1.82, 2.24) is 9.55 Å². The highest BCUT2D eigenvalue weighted by molar-refractivity contribution is 5.74. The van der Waals surface area contributed by atoms with E-state index in [-0.39, 0.29) is 5.60 Å². The normalized spacial score (nSPS) is 17.8. The second kappa shape index (κ2) is 15.2. The summed E-state index contributed by atoms with van der Waals surface area (Å²) in [5.74, 6) is 1.52. The Morgan fingerprint density at radius 2 is 1.65 bits per heavy atom. The summed E-state index contributed by atoms with van der Waals surface area (Å²) in [6.45, 7) is 16.8. The van der Waals surface area contributed by atoms with Crippen molar-refractivity contribution in [1.29, 1.82) is 0 Å². The Morgan fingerprint density at radius 1 is 1.00 bits per heavy atom. The molecular formula is C35H53FN2O5. The Balaban J connectivity index is 1.58. The van der Waals surface area contributed by atoms with E-state index in [0.717, 1.165) is 57.8 Å². The first-order chi connectivity index (χ1) is 20.2. The van der Waals surface area contributed by atoms with Crippen LogP contribution in [0.1, 0.15) is 121 Å². The number of ether oxygens (including phenoxy) is 2. The number of rotatable bonds is 15. The molecule has 3 atom stereocenters. The van der Waals surface area contributed by atoms with Crippen LogP contribution in [0, 0.1) is 44.3 Å². The number of fused-ring (bicyclic) bond motifs is 1. The first-order valence-corrected chi connectivity index (χ1v) is 16.2. The number of carbonyl (C=O) groups is 1. The Morgan fingerprint density at radius 3 is 2.33 bits per heavy atom. The summed E-state index contributed by atoms with van der Waals surface area (Å²) in [4.78, 5) is 37.9. The van der Waals surface area contributed by atoms with E-state index in [1.54, 1.807) is 0 Å². The largest absolute Gasteiger partial charge is 0.487 e. The van der Waals surface area contributed by atoms with Crippen molar-refractivity contribution in [3.05, 3.63) is 55.1 Å². The third kappa shape index (κ3) is 9.54. The lowest BCUT2D eigenvalue weighted by Crippen LogP contribution is -2.39. The third-order valence-electron chi connectivity index (χ3n) is 9.11. The minimum absolute atomic E-state index is 0.264. The van der Waals surface area contributed by atoms with Crippen molar-refractivity contribution >= 4 is 5.97 Å². The number of halogens is 1. The summed E-state index contributed by atoms with van der Waals surface area (Å²) >= 11 is 0. The highest BCUT2D eigenvalue weighted by Crippen LogP contribution is 2.45. The number of esters is 1. The molecule has 1 aromatic heterocycles. The van der Waals surface area contributed by atoms with Gasteiger partial charge >= 0.3 is 11.7 Å². The number of benzene rings is 1. The lowest BCUT2D eigenvalue weighted by atomic mass is 9.80. The minimum atomic E-state index is -1.14. The number of carbonyl (C=O) groups excluding carboxylic acids is 1. The zero-order valence-corrected chi connectivity index (χ0v) is 27.7. The van der Waals surface area contributed by atoms with Gasteiger partial charge in [-0.2, -0.15) is 4.39 Å². The second-order valence-electron chi connectivity index (χ2n) is 13.8. The van der Waals surface area contributed by atoms with Gasteiger partial charge in [0.05, 0.1) is 6.20 Å². The van der Waals surface area contributed by atoms with E-state index >= 15 is 0 Å². The molecule has 1 N–H and O–H groups in total. The van der Waals surface area contributed by atoms with Crippen LogP contribution in [0.3, 0.4) is 0 Å². The van der Waals surface area contributed by atoms with Crippen LogP contribution in [0.5, 0.6) is 11.5 Å². The molecule has 1 aliphatic rings. The molecule has 1 aliphatic heterocycles. The summed E-state index contributed by atoms with van der Waals surface area (Å²) < 4.78 is 26.9. The fraction of sp³-hybridized carbons (Fsp3) is 0.686. The van der Waals surface area contributed by atoms with Crippen LogP contribution in [0.4, 0.5) is 4.39 Å². The van der Waals surface area contributed by atoms with Gasteiger partial charge < -0.3 is 9.47 Å². The number of nitrogens with one attached hydrogen (secondary N) is 1. The number of nitrogens with zero attached hydrogens (tertiary/aromatic N) is 1. The molecule has 240 valence electrons. The lowest BCUT2D eigenvalue weighted by Gasteiger charge is -2.40. The minimum Gasteiger partial charge on any atom is -0.487 e. The van der Waals surface area contributed by atoms with Crippen molar-refractivity contribution < 1.29 is 18.7 Å². The van der Waals surface area contributed by atoms with Gasteiger partial charge in [0.2, 0.25) is 5.82 Å². The van der Waals surface area contributed by atoms with Crippen LogP contribution >= 0.6 is 0 Å². The summed E-state index contributed by atoms with van der Waals surface area (Å²) in [5, 5.41) is 0. The van der Waals surface area contributed by atoms with Crippen LogP contribution in [0.15, 0.2) is 15.8 Å². The maximum atomic E-state index is 13.7. The maximum absolute atomic E-state index is 13.7. The van der Waals surface area contributed by atoms with E-state index in [1.807, 2.05) is 25.8 Å².